The van der Waals surface area contributed by atoms with Gasteiger partial charge in [0.1, 0.15) is 0 Å². The minimum atomic E-state index is -0.474. The van der Waals surface area contributed by atoms with Gasteiger partial charge in [0.25, 0.3) is 0 Å². The normalized spacial score (nSPS) is 20.4. The highest BCUT2D eigenvalue weighted by Gasteiger charge is 2.52. The van der Waals surface area contributed by atoms with Crippen LogP contribution in [0.5, 0.6) is 5.88 Å². The predicted octanol–water partition coefficient (Wildman–Crippen LogP) is 2.03. The van der Waals surface area contributed by atoms with Gasteiger partial charge < -0.3 is 14.0 Å². The number of hydrogen-bond donors (Lipinski definition) is 0. The van der Waals surface area contributed by atoms with Crippen molar-refractivity contribution >= 4 is 18.8 Å². The van der Waals surface area contributed by atoms with Crippen LogP contribution in [0.3, 0.4) is 0 Å². The summed E-state index contributed by atoms with van der Waals surface area (Å²) in [4.78, 5) is 4.43. The quantitative estimate of drug-likeness (QED) is 0.780. The van der Waals surface area contributed by atoms with Crippen molar-refractivity contribution in [2.45, 2.75) is 38.9 Å². The molecule has 2 rings (SSSR count). The molecule has 1 aliphatic heterocycles. The van der Waals surface area contributed by atoms with E-state index in [-0.39, 0.29) is 11.2 Å². The monoisotopic (exact) mass is 261 g/mol. The Morgan fingerprint density at radius 1 is 1.21 bits per heavy atom. The summed E-state index contributed by atoms with van der Waals surface area (Å²) in [6.45, 7) is 11.8. The van der Waals surface area contributed by atoms with Gasteiger partial charge in [-0.25, -0.2) is 4.98 Å². The largest absolute Gasteiger partial charge is 0.514 e. The maximum Gasteiger partial charge on any atom is 0.514 e. The average molecular weight is 261 g/mol. The van der Waals surface area contributed by atoms with Gasteiger partial charge in [-0.05, 0) is 39.8 Å². The van der Waals surface area contributed by atoms with Crippen molar-refractivity contribution in [1.82, 2.24) is 4.98 Å². The van der Waals surface area contributed by atoms with Gasteiger partial charge in [0.2, 0.25) is 5.88 Å². The molecule has 1 aromatic heterocycles. The standard InChI is InChI=1S/C14H20BNO3/c1-7-10-8-9-11(16-12(10)17-6)15-18-13(2,3)14(4,5)19-15/h7-9H,1H2,2-6H3. The maximum atomic E-state index is 5.96. The fourth-order valence-electron chi connectivity index (χ4n) is 1.88. The molecule has 2 heterocycles. The van der Waals surface area contributed by atoms with E-state index in [0.717, 1.165) is 5.56 Å². The third-order valence-electron chi connectivity index (χ3n) is 3.82. The molecule has 5 heteroatoms. The number of nitrogens with zero attached hydrogens (tertiary/aromatic N) is 1. The summed E-state index contributed by atoms with van der Waals surface area (Å²) in [6, 6.07) is 3.78. The smallest absolute Gasteiger partial charge is 0.481 e. The van der Waals surface area contributed by atoms with Crippen molar-refractivity contribution in [3.63, 3.8) is 0 Å². The second kappa shape index (κ2) is 4.65. The minimum Gasteiger partial charge on any atom is -0.481 e. The molecule has 0 N–H and O–H groups in total. The second-order valence-electron chi connectivity index (χ2n) is 5.63. The molecule has 0 amide bonds. The Morgan fingerprint density at radius 3 is 2.26 bits per heavy atom. The molecule has 0 unspecified atom stereocenters. The first-order valence-electron chi connectivity index (χ1n) is 6.34. The first-order valence-corrected chi connectivity index (χ1v) is 6.34. The zero-order valence-corrected chi connectivity index (χ0v) is 12.2. The van der Waals surface area contributed by atoms with E-state index in [4.69, 9.17) is 14.0 Å². The molecule has 1 aromatic rings. The average Bonchev–Trinajstić information content (AvgIpc) is 2.57. The summed E-state index contributed by atoms with van der Waals surface area (Å²) in [6.07, 6.45) is 1.71. The molecule has 4 nitrogen and oxygen atoms in total. The fraction of sp³-hybridized carbons (Fsp3) is 0.500. The Kier molecular flexibility index (Phi) is 3.45. The molecule has 1 saturated heterocycles. The van der Waals surface area contributed by atoms with Crippen molar-refractivity contribution in [1.29, 1.82) is 0 Å². The zero-order chi connectivity index (χ0) is 14.3. The first-order chi connectivity index (χ1) is 8.80. The lowest BCUT2D eigenvalue weighted by atomic mass is 9.84. The highest BCUT2D eigenvalue weighted by Crippen LogP contribution is 2.36. The Morgan fingerprint density at radius 2 is 1.79 bits per heavy atom. The van der Waals surface area contributed by atoms with Crippen LogP contribution in [-0.4, -0.2) is 30.4 Å². The number of pyridine rings is 1. The van der Waals surface area contributed by atoms with E-state index < -0.39 is 7.12 Å². The van der Waals surface area contributed by atoms with Crippen LogP contribution in [0, 0.1) is 0 Å². The van der Waals surface area contributed by atoms with Crippen LogP contribution >= 0.6 is 0 Å². The van der Waals surface area contributed by atoms with Gasteiger partial charge in [-0.3, -0.25) is 0 Å². The third kappa shape index (κ3) is 2.40. The molecule has 19 heavy (non-hydrogen) atoms. The van der Waals surface area contributed by atoms with E-state index in [1.165, 1.54) is 0 Å². The highest BCUT2D eigenvalue weighted by atomic mass is 16.7. The number of hydrogen-bond acceptors (Lipinski definition) is 4. The summed E-state index contributed by atoms with van der Waals surface area (Å²) in [7, 11) is 1.11. The van der Waals surface area contributed by atoms with Crippen LogP contribution in [0.2, 0.25) is 0 Å². The summed E-state index contributed by atoms with van der Waals surface area (Å²) >= 11 is 0. The van der Waals surface area contributed by atoms with Crippen LogP contribution in [-0.2, 0) is 9.31 Å². The molecule has 0 aliphatic carbocycles. The van der Waals surface area contributed by atoms with Crippen LogP contribution in [0.25, 0.3) is 6.08 Å². The van der Waals surface area contributed by atoms with Crippen molar-refractivity contribution < 1.29 is 14.0 Å². The number of methoxy groups -OCH3 is 1. The molecule has 102 valence electrons. The second-order valence-corrected chi connectivity index (χ2v) is 5.63. The van der Waals surface area contributed by atoms with E-state index in [1.54, 1.807) is 13.2 Å². The van der Waals surface area contributed by atoms with Gasteiger partial charge in [-0.15, -0.1) is 0 Å². The van der Waals surface area contributed by atoms with Crippen molar-refractivity contribution in [2.24, 2.45) is 0 Å². The minimum absolute atomic E-state index is 0.371. The predicted molar refractivity (Wildman–Crippen MR) is 76.6 cm³/mol. The lowest BCUT2D eigenvalue weighted by molar-refractivity contribution is 0.00578. The van der Waals surface area contributed by atoms with Crippen LogP contribution in [0.15, 0.2) is 18.7 Å². The van der Waals surface area contributed by atoms with Crippen molar-refractivity contribution in [2.75, 3.05) is 7.11 Å². The van der Waals surface area contributed by atoms with Crippen molar-refractivity contribution in [3.05, 3.63) is 24.3 Å². The summed E-state index contributed by atoms with van der Waals surface area (Å²) < 4.78 is 17.2. The molecule has 0 spiro atoms. The molecule has 0 atom stereocenters. The van der Waals surface area contributed by atoms with E-state index in [2.05, 4.69) is 11.6 Å². The molecular weight excluding hydrogens is 241 g/mol. The van der Waals surface area contributed by atoms with Gasteiger partial charge in [-0.2, -0.15) is 0 Å². The summed E-state index contributed by atoms with van der Waals surface area (Å²) in [5.41, 5.74) is 0.816. The van der Waals surface area contributed by atoms with E-state index in [1.807, 2.05) is 39.8 Å². The maximum absolute atomic E-state index is 5.96. The fourth-order valence-corrected chi connectivity index (χ4v) is 1.88. The molecular formula is C14H20BNO3. The topological polar surface area (TPSA) is 40.6 Å². The van der Waals surface area contributed by atoms with Gasteiger partial charge in [0.05, 0.1) is 23.9 Å². The van der Waals surface area contributed by atoms with E-state index >= 15 is 0 Å². The molecule has 0 saturated carbocycles. The Labute approximate surface area is 114 Å². The SMILES string of the molecule is C=Cc1ccc(B2OC(C)(C)C(C)(C)O2)nc1OC. The van der Waals surface area contributed by atoms with Crippen LogP contribution in [0.4, 0.5) is 0 Å². The number of ether oxygens (including phenoxy) is 1. The molecule has 0 bridgehead atoms. The van der Waals surface area contributed by atoms with E-state index in [9.17, 15) is 0 Å². The van der Waals surface area contributed by atoms with Gasteiger partial charge >= 0.3 is 7.12 Å². The first kappa shape index (κ1) is 14.1. The third-order valence-corrected chi connectivity index (χ3v) is 3.82. The van der Waals surface area contributed by atoms with Gasteiger partial charge in [0.15, 0.2) is 0 Å². The van der Waals surface area contributed by atoms with Crippen molar-refractivity contribution in [3.8, 4) is 5.88 Å². The number of aromatic nitrogens is 1. The van der Waals surface area contributed by atoms with Crippen LogP contribution in [0.1, 0.15) is 33.3 Å². The Balaban J connectivity index is 2.32. The molecule has 1 aliphatic rings. The summed E-state index contributed by atoms with van der Waals surface area (Å²) in [5, 5.41) is 0. The zero-order valence-electron chi connectivity index (χ0n) is 12.2. The highest BCUT2D eigenvalue weighted by molar-refractivity contribution is 6.61. The number of rotatable bonds is 3. The van der Waals surface area contributed by atoms with Gasteiger partial charge in [0, 0.05) is 5.56 Å². The molecule has 0 radical (unpaired) electrons. The summed E-state index contributed by atoms with van der Waals surface area (Å²) in [5.74, 6) is 0.530. The van der Waals surface area contributed by atoms with Gasteiger partial charge in [-0.1, -0.05) is 12.7 Å². The lowest BCUT2D eigenvalue weighted by Crippen LogP contribution is -2.41. The Hall–Kier alpha value is -1.33. The molecule has 0 aromatic carbocycles. The molecule has 1 fully saturated rings. The van der Waals surface area contributed by atoms with Crippen LogP contribution < -0.4 is 10.3 Å². The lowest BCUT2D eigenvalue weighted by Gasteiger charge is -2.32. The van der Waals surface area contributed by atoms with E-state index in [0.29, 0.717) is 11.5 Å². The Bertz CT molecular complexity index is 483.